The summed E-state index contributed by atoms with van der Waals surface area (Å²) in [5.41, 5.74) is 5.44. The fourth-order valence-electron chi connectivity index (χ4n) is 1.36. The molecule has 1 aromatic heterocycles. The van der Waals surface area contributed by atoms with Crippen molar-refractivity contribution in [1.29, 1.82) is 0 Å². The molecule has 0 saturated carbocycles. The largest absolute Gasteiger partial charge is 0.393 e. The van der Waals surface area contributed by atoms with Gasteiger partial charge in [0, 0.05) is 31.9 Å². The van der Waals surface area contributed by atoms with Crippen molar-refractivity contribution in [2.75, 3.05) is 20.1 Å². The van der Waals surface area contributed by atoms with E-state index in [-0.39, 0.29) is 0 Å². The summed E-state index contributed by atoms with van der Waals surface area (Å²) in [5.74, 6) is 0. The molecule has 0 spiro atoms. The summed E-state index contributed by atoms with van der Waals surface area (Å²) >= 11 is 4.83. The fourth-order valence-corrected chi connectivity index (χ4v) is 1.45. The van der Waals surface area contributed by atoms with Crippen molar-refractivity contribution < 1.29 is 0 Å². The van der Waals surface area contributed by atoms with Crippen LogP contribution < -0.4 is 5.73 Å². The molecule has 2 N–H and O–H groups in total. The molecule has 0 fully saturated rings. The molecule has 4 nitrogen and oxygen atoms in total. The third-order valence-electron chi connectivity index (χ3n) is 2.26. The molecule has 5 heteroatoms. The lowest BCUT2D eigenvalue weighted by Gasteiger charge is -2.15. The van der Waals surface area contributed by atoms with Crippen molar-refractivity contribution in [2.45, 2.75) is 19.4 Å². The Hall–Kier alpha value is -0.940. The van der Waals surface area contributed by atoms with Crippen LogP contribution in [0.4, 0.5) is 0 Å². The Morgan fingerprint density at radius 1 is 1.53 bits per heavy atom. The third-order valence-corrected chi connectivity index (χ3v) is 2.46. The van der Waals surface area contributed by atoms with Crippen LogP contribution in [0.25, 0.3) is 0 Å². The maximum Gasteiger partial charge on any atom is 0.0945 e. The molecule has 0 radical (unpaired) electrons. The predicted octanol–water partition coefficient (Wildman–Crippen LogP) is 0.881. The van der Waals surface area contributed by atoms with Crippen molar-refractivity contribution in [2.24, 2.45) is 5.73 Å². The Morgan fingerprint density at radius 3 is 2.93 bits per heavy atom. The summed E-state index contributed by atoms with van der Waals surface area (Å²) in [6.45, 7) is 3.01. The maximum absolute atomic E-state index is 5.44. The van der Waals surface area contributed by atoms with Gasteiger partial charge in [0.2, 0.25) is 0 Å². The van der Waals surface area contributed by atoms with Crippen LogP contribution in [0, 0.1) is 0 Å². The van der Waals surface area contributed by atoms with E-state index in [4.69, 9.17) is 18.0 Å². The summed E-state index contributed by atoms with van der Waals surface area (Å²) in [7, 11) is 2.09. The molecule has 1 aromatic rings. The van der Waals surface area contributed by atoms with Crippen LogP contribution in [0.5, 0.6) is 0 Å². The van der Waals surface area contributed by atoms with E-state index in [2.05, 4.69) is 21.5 Å². The van der Waals surface area contributed by atoms with Gasteiger partial charge in [-0.15, -0.1) is 0 Å². The van der Waals surface area contributed by atoms with Gasteiger partial charge in [0.15, 0.2) is 0 Å². The Kier molecular flexibility index (Phi) is 5.28. The van der Waals surface area contributed by atoms with Crippen LogP contribution in [0.15, 0.2) is 18.7 Å². The average Bonchev–Trinajstić information content (AvgIpc) is 2.67. The second-order valence-electron chi connectivity index (χ2n) is 3.67. The number of hydrogen-bond donors (Lipinski definition) is 1. The van der Waals surface area contributed by atoms with E-state index in [1.807, 2.05) is 12.5 Å². The van der Waals surface area contributed by atoms with E-state index in [1.165, 1.54) is 0 Å². The van der Waals surface area contributed by atoms with Crippen molar-refractivity contribution in [3.8, 4) is 0 Å². The number of nitrogens with two attached hydrogens (primary N) is 1. The molecule has 0 bridgehead atoms. The van der Waals surface area contributed by atoms with E-state index >= 15 is 0 Å². The Bertz CT molecular complexity index is 284. The second kappa shape index (κ2) is 6.53. The fraction of sp³-hybridized carbons (Fsp3) is 0.600. The lowest BCUT2D eigenvalue weighted by Crippen LogP contribution is -2.25. The third kappa shape index (κ3) is 5.49. The van der Waals surface area contributed by atoms with E-state index < -0.39 is 0 Å². The van der Waals surface area contributed by atoms with E-state index in [1.54, 1.807) is 6.20 Å². The molecule has 0 aliphatic heterocycles. The number of thiocarbonyl (C=S) groups is 1. The highest BCUT2D eigenvalue weighted by molar-refractivity contribution is 7.80. The first-order chi connectivity index (χ1) is 7.18. The maximum atomic E-state index is 5.44. The summed E-state index contributed by atoms with van der Waals surface area (Å²) in [6.07, 6.45) is 7.54. The van der Waals surface area contributed by atoms with Crippen LogP contribution in [0.3, 0.4) is 0 Å². The molecule has 1 heterocycles. The van der Waals surface area contributed by atoms with Gasteiger partial charge in [0.05, 0.1) is 11.3 Å². The van der Waals surface area contributed by atoms with E-state index in [9.17, 15) is 0 Å². The molecule has 84 valence electrons. The quantitative estimate of drug-likeness (QED) is 0.701. The van der Waals surface area contributed by atoms with Gasteiger partial charge in [-0.2, -0.15) is 0 Å². The Balaban J connectivity index is 2.06. The highest BCUT2D eigenvalue weighted by Gasteiger charge is 1.99. The lowest BCUT2D eigenvalue weighted by molar-refractivity contribution is 0.330. The van der Waals surface area contributed by atoms with Crippen LogP contribution in [0.1, 0.15) is 12.8 Å². The smallest absolute Gasteiger partial charge is 0.0945 e. The zero-order chi connectivity index (χ0) is 11.1. The van der Waals surface area contributed by atoms with Gasteiger partial charge in [-0.1, -0.05) is 12.2 Å². The zero-order valence-corrected chi connectivity index (χ0v) is 9.91. The van der Waals surface area contributed by atoms with Crippen molar-refractivity contribution in [1.82, 2.24) is 14.5 Å². The van der Waals surface area contributed by atoms with E-state index in [0.717, 1.165) is 32.5 Å². The van der Waals surface area contributed by atoms with Crippen LogP contribution >= 0.6 is 12.2 Å². The zero-order valence-electron chi connectivity index (χ0n) is 9.09. The number of aryl methyl sites for hydroxylation is 1. The van der Waals surface area contributed by atoms with Gasteiger partial charge in [0.25, 0.3) is 0 Å². The summed E-state index contributed by atoms with van der Waals surface area (Å²) in [5, 5.41) is 0. The molecule has 0 amide bonds. The first-order valence-electron chi connectivity index (χ1n) is 5.11. The number of rotatable bonds is 7. The predicted molar refractivity (Wildman–Crippen MR) is 65.7 cm³/mol. The summed E-state index contributed by atoms with van der Waals surface area (Å²) in [4.78, 5) is 6.84. The minimum absolute atomic E-state index is 0.594. The van der Waals surface area contributed by atoms with Gasteiger partial charge in [-0.05, 0) is 20.0 Å². The van der Waals surface area contributed by atoms with Crippen LogP contribution in [0.2, 0.25) is 0 Å². The molecule has 0 atom stereocenters. The first kappa shape index (κ1) is 12.1. The Morgan fingerprint density at radius 2 is 2.33 bits per heavy atom. The second-order valence-corrected chi connectivity index (χ2v) is 4.20. The van der Waals surface area contributed by atoms with Gasteiger partial charge in [-0.25, -0.2) is 4.98 Å². The molecular formula is C10H18N4S. The molecular weight excluding hydrogens is 208 g/mol. The highest BCUT2D eigenvalue weighted by Crippen LogP contribution is 1.94. The lowest BCUT2D eigenvalue weighted by atomic mass is 10.3. The summed E-state index contributed by atoms with van der Waals surface area (Å²) < 4.78 is 2.08. The molecule has 0 unspecified atom stereocenters. The normalized spacial score (nSPS) is 10.8. The van der Waals surface area contributed by atoms with Crippen LogP contribution in [-0.2, 0) is 6.54 Å². The van der Waals surface area contributed by atoms with Crippen molar-refractivity contribution >= 4 is 17.2 Å². The molecule has 15 heavy (non-hydrogen) atoms. The SMILES string of the molecule is CN(CCCn1ccnc1)CCC(N)=S. The average molecular weight is 226 g/mol. The molecule has 0 aromatic carbocycles. The number of aromatic nitrogens is 2. The first-order valence-corrected chi connectivity index (χ1v) is 5.52. The molecule has 0 aliphatic carbocycles. The number of hydrogen-bond acceptors (Lipinski definition) is 3. The topological polar surface area (TPSA) is 47.1 Å². The number of imidazole rings is 1. The van der Waals surface area contributed by atoms with Gasteiger partial charge < -0.3 is 15.2 Å². The number of nitrogens with zero attached hydrogens (tertiary/aromatic N) is 3. The van der Waals surface area contributed by atoms with Gasteiger partial charge in [0.1, 0.15) is 0 Å². The van der Waals surface area contributed by atoms with Crippen molar-refractivity contribution in [3.63, 3.8) is 0 Å². The molecule has 0 aliphatic rings. The minimum Gasteiger partial charge on any atom is -0.393 e. The highest BCUT2D eigenvalue weighted by atomic mass is 32.1. The molecule has 0 saturated heterocycles. The van der Waals surface area contributed by atoms with Gasteiger partial charge >= 0.3 is 0 Å². The monoisotopic (exact) mass is 226 g/mol. The van der Waals surface area contributed by atoms with Gasteiger partial charge in [-0.3, -0.25) is 0 Å². The molecule has 1 rings (SSSR count). The van der Waals surface area contributed by atoms with Crippen LogP contribution in [-0.4, -0.2) is 39.6 Å². The standard InChI is InChI=1S/C10H18N4S/c1-13(7-3-10(11)15)5-2-6-14-8-4-12-9-14/h4,8-9H,2-3,5-7H2,1H3,(H2,11,15). The minimum atomic E-state index is 0.594. The summed E-state index contributed by atoms with van der Waals surface area (Å²) in [6, 6.07) is 0. The van der Waals surface area contributed by atoms with Crippen molar-refractivity contribution in [3.05, 3.63) is 18.7 Å². The van der Waals surface area contributed by atoms with E-state index in [0.29, 0.717) is 4.99 Å². The Labute approximate surface area is 96.1 Å².